The molecule has 0 bridgehead atoms. The van der Waals surface area contributed by atoms with Crippen molar-refractivity contribution in [2.24, 2.45) is 5.41 Å². The number of hydrogen-bond donors (Lipinski definition) is 2. The molecule has 10 heteroatoms. The first kappa shape index (κ1) is 29.0. The van der Waals surface area contributed by atoms with Crippen LogP contribution in [0.4, 0.5) is 16.0 Å². The van der Waals surface area contributed by atoms with Crippen molar-refractivity contribution in [2.75, 3.05) is 24.8 Å². The lowest BCUT2D eigenvalue weighted by molar-refractivity contribution is -0.112. The second kappa shape index (κ2) is 12.0. The minimum atomic E-state index is -0.553. The summed E-state index contributed by atoms with van der Waals surface area (Å²) in [7, 11) is 3.15. The largest absolute Gasteiger partial charge is 0.497 e. The molecule has 0 aliphatic heterocycles. The van der Waals surface area contributed by atoms with Crippen molar-refractivity contribution in [3.8, 4) is 22.9 Å². The zero-order chi connectivity index (χ0) is 29.7. The van der Waals surface area contributed by atoms with Crippen molar-refractivity contribution < 1.29 is 13.9 Å². The highest BCUT2D eigenvalue weighted by Gasteiger charge is 2.18. The fourth-order valence-electron chi connectivity index (χ4n) is 4.34. The Labute approximate surface area is 237 Å². The van der Waals surface area contributed by atoms with Gasteiger partial charge in [0.05, 0.1) is 12.7 Å². The molecule has 2 aromatic carbocycles. The molecule has 2 heterocycles. The average Bonchev–Trinajstić information content (AvgIpc) is 2.95. The summed E-state index contributed by atoms with van der Waals surface area (Å²) in [5, 5.41) is 15.7. The van der Waals surface area contributed by atoms with Crippen LogP contribution in [0.15, 0.2) is 71.2 Å². The number of nitrogens with zero attached hydrogens (tertiary/aromatic N) is 4. The summed E-state index contributed by atoms with van der Waals surface area (Å²) in [4.78, 5) is 35.2. The summed E-state index contributed by atoms with van der Waals surface area (Å²) in [6.07, 6.45) is 3.62. The van der Waals surface area contributed by atoms with Gasteiger partial charge in [0.2, 0.25) is 5.95 Å². The van der Waals surface area contributed by atoms with Crippen molar-refractivity contribution in [3.05, 3.63) is 88.1 Å². The highest BCUT2D eigenvalue weighted by molar-refractivity contribution is 6.06. The maximum atomic E-state index is 14.9. The molecule has 0 saturated heterocycles. The van der Waals surface area contributed by atoms with Gasteiger partial charge < -0.3 is 15.4 Å². The normalized spacial score (nSPS) is 11.7. The van der Waals surface area contributed by atoms with Gasteiger partial charge in [0.1, 0.15) is 28.9 Å². The highest BCUT2D eigenvalue weighted by atomic mass is 19.1. The van der Waals surface area contributed by atoms with Gasteiger partial charge in [0.25, 0.3) is 11.5 Å². The lowest BCUT2D eigenvalue weighted by Gasteiger charge is -2.15. The Kier molecular flexibility index (Phi) is 8.48. The van der Waals surface area contributed by atoms with Gasteiger partial charge in [0, 0.05) is 36.4 Å². The van der Waals surface area contributed by atoms with Crippen molar-refractivity contribution in [3.63, 3.8) is 0 Å². The molecular formula is C31H31FN6O3. The second-order valence-corrected chi connectivity index (χ2v) is 10.5. The Morgan fingerprint density at radius 3 is 2.63 bits per heavy atom. The predicted octanol–water partition coefficient (Wildman–Crippen LogP) is 5.33. The number of nitrogens with one attached hydrogen (secondary N) is 2. The topological polar surface area (TPSA) is 122 Å². The molecule has 0 fully saturated rings. The SMILES string of the molecule is CNc1ncc2cc(-c3cc(OC)ccc3F)c(=O)n(CCc3cccc(NC(=O)/C(C#N)=C/C(C)(C)C)c3)c2n1. The van der Waals surface area contributed by atoms with Gasteiger partial charge in [-0.05, 0) is 53.8 Å². The number of halogens is 1. The van der Waals surface area contributed by atoms with Gasteiger partial charge >= 0.3 is 0 Å². The number of carbonyl (C=O) groups is 1. The summed E-state index contributed by atoms with van der Waals surface area (Å²) < 4.78 is 21.6. The van der Waals surface area contributed by atoms with Gasteiger partial charge in [-0.3, -0.25) is 14.2 Å². The molecule has 4 aromatic rings. The smallest absolute Gasteiger partial charge is 0.265 e. The number of hydrogen-bond acceptors (Lipinski definition) is 7. The van der Waals surface area contributed by atoms with Crippen LogP contribution in [0.5, 0.6) is 5.75 Å². The molecule has 4 rings (SSSR count). The number of allylic oxidation sites excluding steroid dienone is 1. The van der Waals surface area contributed by atoms with Crippen molar-refractivity contribution in [1.29, 1.82) is 5.26 Å². The van der Waals surface area contributed by atoms with Gasteiger partial charge in [-0.25, -0.2) is 9.37 Å². The third-order valence-corrected chi connectivity index (χ3v) is 6.27. The number of fused-ring (bicyclic) bond motifs is 1. The Hall–Kier alpha value is -5.04. The minimum absolute atomic E-state index is 0.0301. The summed E-state index contributed by atoms with van der Waals surface area (Å²) in [6, 6.07) is 15.0. The molecule has 0 unspecified atom stereocenters. The van der Waals surface area contributed by atoms with Crippen LogP contribution in [0.3, 0.4) is 0 Å². The number of rotatable bonds is 8. The van der Waals surface area contributed by atoms with Crippen molar-refractivity contribution in [1.82, 2.24) is 14.5 Å². The highest BCUT2D eigenvalue weighted by Crippen LogP contribution is 2.27. The first-order valence-electron chi connectivity index (χ1n) is 13.0. The van der Waals surface area contributed by atoms with E-state index in [9.17, 15) is 19.2 Å². The van der Waals surface area contributed by atoms with Crippen LogP contribution in [-0.4, -0.2) is 34.6 Å². The average molecular weight is 555 g/mol. The van der Waals surface area contributed by atoms with E-state index in [1.165, 1.54) is 29.9 Å². The maximum Gasteiger partial charge on any atom is 0.265 e. The minimum Gasteiger partial charge on any atom is -0.497 e. The van der Waals surface area contributed by atoms with Crippen LogP contribution < -0.4 is 20.9 Å². The number of pyridine rings is 1. The molecule has 2 N–H and O–H groups in total. The summed E-state index contributed by atoms with van der Waals surface area (Å²) >= 11 is 0. The van der Waals surface area contributed by atoms with Crippen LogP contribution in [0.1, 0.15) is 26.3 Å². The van der Waals surface area contributed by atoms with Crippen LogP contribution >= 0.6 is 0 Å². The molecule has 0 saturated carbocycles. The van der Waals surface area contributed by atoms with Gasteiger partial charge in [0.15, 0.2) is 0 Å². The molecule has 9 nitrogen and oxygen atoms in total. The van der Waals surface area contributed by atoms with E-state index in [1.807, 2.05) is 32.9 Å². The number of anilines is 2. The predicted molar refractivity (Wildman–Crippen MR) is 157 cm³/mol. The van der Waals surface area contributed by atoms with Gasteiger partial charge in [-0.2, -0.15) is 10.2 Å². The van der Waals surface area contributed by atoms with E-state index in [0.29, 0.717) is 34.8 Å². The second-order valence-electron chi connectivity index (χ2n) is 10.5. The Bertz CT molecular complexity index is 1750. The molecule has 1 amide bonds. The molecule has 2 aromatic heterocycles. The Balaban J connectivity index is 1.70. The van der Waals surface area contributed by atoms with Gasteiger partial charge in [-0.15, -0.1) is 0 Å². The number of methoxy groups -OCH3 is 1. The lowest BCUT2D eigenvalue weighted by atomic mass is 9.93. The standard InChI is InChI=1S/C31H31FN6O3/c1-31(2,3)16-21(17-33)28(39)36-22-8-6-7-19(13-22)11-12-38-27-20(18-35-30(34-4)37-27)14-25(29(38)40)24-15-23(41-5)9-10-26(24)32/h6-10,13-16,18H,11-12H2,1-5H3,(H,36,39)(H,34,35,37)/b21-16+. The van der Waals surface area contributed by atoms with E-state index in [4.69, 9.17) is 4.74 Å². The molecule has 0 aliphatic carbocycles. The molecule has 0 spiro atoms. The van der Waals surface area contributed by atoms with E-state index in [-0.39, 0.29) is 28.7 Å². The number of benzene rings is 2. The monoisotopic (exact) mass is 554 g/mol. The van der Waals surface area contributed by atoms with Crippen molar-refractivity contribution in [2.45, 2.75) is 33.7 Å². The number of carbonyl (C=O) groups excluding carboxylic acids is 1. The molecule has 41 heavy (non-hydrogen) atoms. The van der Waals surface area contributed by atoms with E-state index in [0.717, 1.165) is 5.56 Å². The number of nitriles is 1. The fraction of sp³-hybridized carbons (Fsp3) is 0.258. The maximum absolute atomic E-state index is 14.9. The third-order valence-electron chi connectivity index (χ3n) is 6.27. The first-order valence-corrected chi connectivity index (χ1v) is 13.0. The third kappa shape index (κ3) is 6.76. The van der Waals surface area contributed by atoms with Crippen LogP contribution in [0, 0.1) is 22.6 Å². The fourth-order valence-corrected chi connectivity index (χ4v) is 4.34. The van der Waals surface area contributed by atoms with Crippen LogP contribution in [-0.2, 0) is 17.8 Å². The van der Waals surface area contributed by atoms with Crippen LogP contribution in [0.2, 0.25) is 0 Å². The van der Waals surface area contributed by atoms with Crippen LogP contribution in [0.25, 0.3) is 22.2 Å². The Morgan fingerprint density at radius 2 is 1.95 bits per heavy atom. The zero-order valence-corrected chi connectivity index (χ0v) is 23.6. The molecule has 0 aliphatic rings. The summed E-state index contributed by atoms with van der Waals surface area (Å²) in [6.45, 7) is 5.95. The van der Waals surface area contributed by atoms with E-state index in [1.54, 1.807) is 43.6 Å². The zero-order valence-electron chi connectivity index (χ0n) is 23.6. The van der Waals surface area contributed by atoms with E-state index >= 15 is 0 Å². The van der Waals surface area contributed by atoms with Crippen molar-refractivity contribution >= 4 is 28.6 Å². The molecule has 210 valence electrons. The van der Waals surface area contributed by atoms with E-state index in [2.05, 4.69) is 20.6 Å². The molecular weight excluding hydrogens is 523 g/mol. The summed E-state index contributed by atoms with van der Waals surface area (Å²) in [5.41, 5.74) is 1.31. The molecule has 0 radical (unpaired) electrons. The Morgan fingerprint density at radius 1 is 1.17 bits per heavy atom. The number of aromatic nitrogens is 3. The first-order chi connectivity index (χ1) is 19.5. The lowest BCUT2D eigenvalue weighted by Crippen LogP contribution is -2.24. The van der Waals surface area contributed by atoms with Gasteiger partial charge in [-0.1, -0.05) is 39.0 Å². The van der Waals surface area contributed by atoms with E-state index < -0.39 is 17.3 Å². The number of ether oxygens (including phenoxy) is 1. The quantitative estimate of drug-likeness (QED) is 0.223. The number of amides is 1. The molecule has 0 atom stereocenters. The number of aryl methyl sites for hydroxylation is 2. The summed E-state index contributed by atoms with van der Waals surface area (Å²) in [5.74, 6) is -0.286.